The molecule has 1 fully saturated rings. The molecular formula is C22H21N7O3. The van der Waals surface area contributed by atoms with Gasteiger partial charge in [0.25, 0.3) is 5.91 Å². The molecule has 1 aliphatic rings. The molecule has 0 aliphatic carbocycles. The lowest BCUT2D eigenvalue weighted by atomic mass is 10.1. The number of nitrogen functional groups attached to an aromatic ring is 1. The van der Waals surface area contributed by atoms with Crippen LogP contribution in [0.5, 0.6) is 0 Å². The van der Waals surface area contributed by atoms with Crippen LogP contribution in [0, 0.1) is 5.21 Å². The molecule has 1 aromatic carbocycles. The minimum absolute atomic E-state index is 0.0829. The maximum Gasteiger partial charge on any atom is 0.254 e. The lowest BCUT2D eigenvalue weighted by molar-refractivity contribution is -0.864. The summed E-state index contributed by atoms with van der Waals surface area (Å²) in [5, 5.41) is 12.0. The Bertz CT molecular complexity index is 1260. The first-order valence-electron chi connectivity index (χ1n) is 10.2. The van der Waals surface area contributed by atoms with Crippen LogP contribution in [0.3, 0.4) is 0 Å². The van der Waals surface area contributed by atoms with Crippen LogP contribution in [0.25, 0.3) is 33.9 Å². The van der Waals surface area contributed by atoms with Gasteiger partial charge in [-0.3, -0.25) is 9.78 Å². The minimum atomic E-state index is -0.308. The third-order valence-electron chi connectivity index (χ3n) is 5.59. The van der Waals surface area contributed by atoms with E-state index in [1.807, 2.05) is 12.1 Å². The average Bonchev–Trinajstić information content (AvgIpc) is 3.23. The zero-order valence-electron chi connectivity index (χ0n) is 17.4. The SMILES string of the molecule is C[N+]1([O-])CCN(C(=O)c2ccc(-c3cnc(N)c(-c4nc5cnccc5o4)n3)cc2)CC1. The zero-order valence-corrected chi connectivity index (χ0v) is 17.4. The minimum Gasteiger partial charge on any atom is -0.633 e. The van der Waals surface area contributed by atoms with Crippen molar-refractivity contribution < 1.29 is 13.9 Å². The van der Waals surface area contributed by atoms with E-state index in [-0.39, 0.29) is 22.3 Å². The van der Waals surface area contributed by atoms with Crippen LogP contribution in [0.1, 0.15) is 10.4 Å². The molecule has 0 radical (unpaired) electrons. The number of piperazine rings is 1. The van der Waals surface area contributed by atoms with Crippen LogP contribution < -0.4 is 5.73 Å². The molecule has 10 heteroatoms. The third-order valence-corrected chi connectivity index (χ3v) is 5.59. The summed E-state index contributed by atoms with van der Waals surface area (Å²) in [5.41, 5.74) is 9.46. The quantitative estimate of drug-likeness (QED) is 0.386. The topological polar surface area (TPSA) is 134 Å². The van der Waals surface area contributed by atoms with Crippen LogP contribution >= 0.6 is 0 Å². The van der Waals surface area contributed by atoms with Crippen molar-refractivity contribution in [1.82, 2.24) is 24.8 Å². The molecule has 1 aliphatic heterocycles. The Balaban J connectivity index is 1.39. The molecule has 3 aromatic heterocycles. The molecule has 0 spiro atoms. The van der Waals surface area contributed by atoms with Gasteiger partial charge in [-0.2, -0.15) is 0 Å². The number of carbonyl (C=O) groups excluding carboxylic acids is 1. The lowest BCUT2D eigenvalue weighted by Crippen LogP contribution is -2.55. The summed E-state index contributed by atoms with van der Waals surface area (Å²) in [6.45, 7) is 1.71. The summed E-state index contributed by atoms with van der Waals surface area (Å²) in [6, 6.07) is 8.84. The van der Waals surface area contributed by atoms with Gasteiger partial charge < -0.3 is 24.9 Å². The van der Waals surface area contributed by atoms with Gasteiger partial charge in [0.2, 0.25) is 5.89 Å². The number of pyridine rings is 1. The van der Waals surface area contributed by atoms with Gasteiger partial charge in [0.15, 0.2) is 17.1 Å². The van der Waals surface area contributed by atoms with E-state index in [1.165, 1.54) is 0 Å². The first-order valence-corrected chi connectivity index (χ1v) is 10.2. The number of carbonyl (C=O) groups is 1. The normalized spacial score (nSPS) is 15.8. The number of hydrogen-bond acceptors (Lipinski definition) is 8. The fourth-order valence-electron chi connectivity index (χ4n) is 3.63. The molecule has 1 amide bonds. The van der Waals surface area contributed by atoms with E-state index in [4.69, 9.17) is 10.2 Å². The van der Waals surface area contributed by atoms with Crippen LogP contribution in [-0.4, -0.2) is 68.6 Å². The van der Waals surface area contributed by atoms with Crippen LogP contribution in [0.2, 0.25) is 0 Å². The fraction of sp³-hybridized carbons (Fsp3) is 0.227. The zero-order chi connectivity index (χ0) is 22.3. The highest BCUT2D eigenvalue weighted by atomic mass is 16.5. The first kappa shape index (κ1) is 20.0. The Labute approximate surface area is 183 Å². The third kappa shape index (κ3) is 3.77. The summed E-state index contributed by atoms with van der Waals surface area (Å²) in [5.74, 6) is 0.384. The number of aromatic nitrogens is 4. The summed E-state index contributed by atoms with van der Waals surface area (Å²) < 4.78 is 5.44. The van der Waals surface area contributed by atoms with Crippen LogP contribution in [0.4, 0.5) is 5.82 Å². The predicted molar refractivity (Wildman–Crippen MR) is 118 cm³/mol. The molecule has 0 bridgehead atoms. The van der Waals surface area contributed by atoms with E-state index in [1.54, 1.807) is 48.7 Å². The standard InChI is InChI=1S/C22H21N7O3/c1-29(31)10-8-28(9-11-29)22(30)15-4-2-14(3-5-15)16-13-25-20(23)19(26-16)21-27-17-12-24-7-6-18(17)32-21/h2-7,12-13H,8-11H2,1H3,(H2,23,25). The molecule has 32 heavy (non-hydrogen) atoms. The molecule has 4 aromatic rings. The maximum absolute atomic E-state index is 12.8. The van der Waals surface area contributed by atoms with Crippen molar-refractivity contribution in [1.29, 1.82) is 0 Å². The molecule has 0 atom stereocenters. The van der Waals surface area contributed by atoms with Crippen LogP contribution in [-0.2, 0) is 0 Å². The average molecular weight is 431 g/mol. The molecule has 10 nitrogen and oxygen atoms in total. The van der Waals surface area contributed by atoms with Gasteiger partial charge in [0.05, 0.1) is 51.3 Å². The number of oxazole rings is 1. The highest BCUT2D eigenvalue weighted by Gasteiger charge is 2.25. The maximum atomic E-state index is 12.8. The summed E-state index contributed by atoms with van der Waals surface area (Å²) in [7, 11) is 1.64. The summed E-state index contributed by atoms with van der Waals surface area (Å²) in [4.78, 5) is 31.8. The highest BCUT2D eigenvalue weighted by molar-refractivity contribution is 5.94. The molecule has 5 rings (SSSR count). The number of nitrogens with zero attached hydrogens (tertiary/aromatic N) is 6. The van der Waals surface area contributed by atoms with E-state index in [9.17, 15) is 10.0 Å². The van der Waals surface area contributed by atoms with Crippen molar-refractivity contribution in [2.45, 2.75) is 0 Å². The molecular weight excluding hydrogens is 410 g/mol. The first-order chi connectivity index (χ1) is 15.4. The summed E-state index contributed by atoms with van der Waals surface area (Å²) >= 11 is 0. The number of quaternary nitrogens is 1. The molecule has 4 heterocycles. The number of likely N-dealkylation sites (N-methyl/N-ethyl adjacent to an activating group) is 1. The van der Waals surface area contributed by atoms with Gasteiger partial charge in [-0.25, -0.2) is 15.0 Å². The Morgan fingerprint density at radius 3 is 2.59 bits per heavy atom. The Morgan fingerprint density at radius 1 is 1.12 bits per heavy atom. The Morgan fingerprint density at radius 2 is 1.88 bits per heavy atom. The number of rotatable bonds is 3. The van der Waals surface area contributed by atoms with E-state index >= 15 is 0 Å². The molecule has 0 unspecified atom stereocenters. The smallest absolute Gasteiger partial charge is 0.254 e. The Kier molecular flexibility index (Phi) is 4.80. The van der Waals surface area contributed by atoms with E-state index in [0.717, 1.165) is 5.56 Å². The van der Waals surface area contributed by atoms with E-state index in [0.29, 0.717) is 54.2 Å². The van der Waals surface area contributed by atoms with Crippen molar-refractivity contribution in [3.05, 3.63) is 59.7 Å². The number of hydrogen-bond donors (Lipinski definition) is 1. The van der Waals surface area contributed by atoms with Gasteiger partial charge in [-0.1, -0.05) is 12.1 Å². The van der Waals surface area contributed by atoms with Gasteiger partial charge >= 0.3 is 0 Å². The monoisotopic (exact) mass is 431 g/mol. The van der Waals surface area contributed by atoms with Crippen molar-refractivity contribution in [3.63, 3.8) is 0 Å². The number of fused-ring (bicyclic) bond motifs is 1. The fourth-order valence-corrected chi connectivity index (χ4v) is 3.63. The number of anilines is 1. The van der Waals surface area contributed by atoms with Gasteiger partial charge in [-0.05, 0) is 12.1 Å². The number of nitrogens with two attached hydrogens (primary N) is 1. The number of benzene rings is 1. The number of hydroxylamine groups is 3. The largest absolute Gasteiger partial charge is 0.633 e. The second-order valence-corrected chi connectivity index (χ2v) is 7.97. The van der Waals surface area contributed by atoms with Gasteiger partial charge in [0, 0.05) is 23.4 Å². The molecule has 1 saturated heterocycles. The van der Waals surface area contributed by atoms with E-state index < -0.39 is 0 Å². The predicted octanol–water partition coefficient (Wildman–Crippen LogP) is 2.33. The van der Waals surface area contributed by atoms with Crippen molar-refractivity contribution in [3.8, 4) is 22.8 Å². The van der Waals surface area contributed by atoms with Crippen molar-refractivity contribution >= 4 is 22.8 Å². The molecule has 162 valence electrons. The lowest BCUT2D eigenvalue weighted by Gasteiger charge is -2.45. The Hall–Kier alpha value is -3.89. The summed E-state index contributed by atoms with van der Waals surface area (Å²) in [6.07, 6.45) is 4.79. The molecule has 0 saturated carbocycles. The van der Waals surface area contributed by atoms with Gasteiger partial charge in [-0.15, -0.1) is 0 Å². The second kappa shape index (κ2) is 7.66. The van der Waals surface area contributed by atoms with Gasteiger partial charge in [0.1, 0.15) is 5.52 Å². The number of amides is 1. The van der Waals surface area contributed by atoms with Crippen molar-refractivity contribution in [2.75, 3.05) is 39.0 Å². The van der Waals surface area contributed by atoms with E-state index in [2.05, 4.69) is 19.9 Å². The van der Waals surface area contributed by atoms with Crippen molar-refractivity contribution in [2.24, 2.45) is 0 Å². The molecule has 2 N–H and O–H groups in total. The second-order valence-electron chi connectivity index (χ2n) is 7.97. The highest BCUT2D eigenvalue weighted by Crippen LogP contribution is 2.28. The van der Waals surface area contributed by atoms with Crippen LogP contribution in [0.15, 0.2) is 53.3 Å².